The molecule has 3 rings (SSSR count). The first-order valence-electron chi connectivity index (χ1n) is 5.76. The number of furan rings is 1. The van der Waals surface area contributed by atoms with E-state index in [2.05, 4.69) is 4.98 Å². The Hall–Kier alpha value is -2.50. The molecular weight excluding hydrogens is 269 g/mol. The maximum Gasteiger partial charge on any atom is 0.416 e. The Morgan fingerprint density at radius 1 is 1.05 bits per heavy atom. The first-order chi connectivity index (χ1) is 9.43. The molecule has 0 saturated heterocycles. The molecule has 6 heteroatoms. The smallest absolute Gasteiger partial charge is 0.416 e. The van der Waals surface area contributed by atoms with Gasteiger partial charge in [-0.25, -0.2) is 4.98 Å². The molecule has 0 spiro atoms. The van der Waals surface area contributed by atoms with Gasteiger partial charge in [0.15, 0.2) is 0 Å². The lowest BCUT2D eigenvalue weighted by atomic mass is 10.1. The number of anilines is 1. The van der Waals surface area contributed by atoms with Gasteiger partial charge in [0.25, 0.3) is 0 Å². The van der Waals surface area contributed by atoms with Crippen LogP contribution < -0.4 is 5.73 Å². The molecule has 0 fully saturated rings. The number of alkyl halides is 3. The van der Waals surface area contributed by atoms with Crippen LogP contribution in [0.3, 0.4) is 0 Å². The molecule has 0 aliphatic heterocycles. The first-order valence-corrected chi connectivity index (χ1v) is 5.76. The molecular formula is C14H9F3N2O. The lowest BCUT2D eigenvalue weighted by Crippen LogP contribution is -2.03. The first kappa shape index (κ1) is 12.5. The summed E-state index contributed by atoms with van der Waals surface area (Å²) in [6, 6.07) is 8.22. The Labute approximate surface area is 111 Å². The number of aromatic nitrogens is 1. The van der Waals surface area contributed by atoms with Crippen molar-refractivity contribution in [1.82, 2.24) is 4.98 Å². The van der Waals surface area contributed by atoms with Gasteiger partial charge in [0.1, 0.15) is 17.2 Å². The molecule has 0 saturated carbocycles. The molecule has 0 aliphatic carbocycles. The number of pyridine rings is 1. The number of benzene rings is 1. The molecule has 0 bridgehead atoms. The predicted molar refractivity (Wildman–Crippen MR) is 68.9 cm³/mol. The van der Waals surface area contributed by atoms with Gasteiger partial charge in [0.05, 0.1) is 5.56 Å². The van der Waals surface area contributed by atoms with Crippen molar-refractivity contribution < 1.29 is 17.6 Å². The normalized spacial score (nSPS) is 11.9. The van der Waals surface area contributed by atoms with Gasteiger partial charge in [-0.05, 0) is 36.4 Å². The van der Waals surface area contributed by atoms with E-state index in [0.29, 0.717) is 28.1 Å². The van der Waals surface area contributed by atoms with Crippen LogP contribution in [-0.2, 0) is 6.18 Å². The third-order valence-corrected chi connectivity index (χ3v) is 2.91. The Balaban J connectivity index is 2.09. The Bertz CT molecular complexity index is 760. The number of nitrogen functional groups attached to an aromatic ring is 1. The van der Waals surface area contributed by atoms with Crippen LogP contribution in [0, 0.1) is 0 Å². The van der Waals surface area contributed by atoms with E-state index in [1.165, 1.54) is 12.3 Å². The topological polar surface area (TPSA) is 52.0 Å². The fourth-order valence-corrected chi connectivity index (χ4v) is 1.91. The summed E-state index contributed by atoms with van der Waals surface area (Å²) in [6.45, 7) is 0. The van der Waals surface area contributed by atoms with Gasteiger partial charge in [-0.15, -0.1) is 0 Å². The van der Waals surface area contributed by atoms with Gasteiger partial charge in [-0.3, -0.25) is 0 Å². The van der Waals surface area contributed by atoms with E-state index in [4.69, 9.17) is 10.2 Å². The van der Waals surface area contributed by atoms with Crippen LogP contribution in [0.15, 0.2) is 47.0 Å². The van der Waals surface area contributed by atoms with Crippen molar-refractivity contribution in [3.63, 3.8) is 0 Å². The number of nitrogens with two attached hydrogens (primary N) is 1. The Morgan fingerprint density at radius 2 is 1.85 bits per heavy atom. The van der Waals surface area contributed by atoms with E-state index in [-0.39, 0.29) is 0 Å². The van der Waals surface area contributed by atoms with Crippen LogP contribution in [0.5, 0.6) is 0 Å². The summed E-state index contributed by atoms with van der Waals surface area (Å²) >= 11 is 0. The number of nitrogens with zero attached hydrogens (tertiary/aromatic N) is 1. The minimum atomic E-state index is -4.37. The molecule has 20 heavy (non-hydrogen) atoms. The molecule has 3 aromatic rings. The zero-order chi connectivity index (χ0) is 14.3. The SMILES string of the molecule is Nc1ccc(-c2cc3cc(C(F)(F)F)ccc3o2)cn1. The Kier molecular flexibility index (Phi) is 2.67. The van der Waals surface area contributed by atoms with Crippen molar-refractivity contribution >= 4 is 16.8 Å². The highest BCUT2D eigenvalue weighted by molar-refractivity contribution is 5.83. The van der Waals surface area contributed by atoms with Crippen molar-refractivity contribution in [2.45, 2.75) is 6.18 Å². The van der Waals surface area contributed by atoms with Gasteiger partial charge in [-0.2, -0.15) is 13.2 Å². The van der Waals surface area contributed by atoms with E-state index in [0.717, 1.165) is 12.1 Å². The summed E-state index contributed by atoms with van der Waals surface area (Å²) in [5.74, 6) is 0.816. The van der Waals surface area contributed by atoms with Crippen molar-refractivity contribution in [1.29, 1.82) is 0 Å². The summed E-state index contributed by atoms with van der Waals surface area (Å²) < 4.78 is 43.4. The largest absolute Gasteiger partial charge is 0.456 e. The molecule has 3 nitrogen and oxygen atoms in total. The molecule has 0 radical (unpaired) electrons. The van der Waals surface area contributed by atoms with E-state index >= 15 is 0 Å². The average Bonchev–Trinajstić information content (AvgIpc) is 2.81. The standard InChI is InChI=1S/C14H9F3N2O/c15-14(16,17)10-2-3-11-9(5-10)6-12(20-11)8-1-4-13(18)19-7-8/h1-7H,(H2,18,19). The maximum atomic E-state index is 12.6. The van der Waals surface area contributed by atoms with Crippen LogP contribution in [0.1, 0.15) is 5.56 Å². The zero-order valence-electron chi connectivity index (χ0n) is 10.1. The fourth-order valence-electron chi connectivity index (χ4n) is 1.91. The molecule has 102 valence electrons. The minimum absolute atomic E-state index is 0.365. The van der Waals surface area contributed by atoms with Crippen molar-refractivity contribution in [2.75, 3.05) is 5.73 Å². The maximum absolute atomic E-state index is 12.6. The van der Waals surface area contributed by atoms with Crippen molar-refractivity contribution in [3.8, 4) is 11.3 Å². The number of hydrogen-bond donors (Lipinski definition) is 1. The molecule has 1 aromatic carbocycles. The zero-order valence-corrected chi connectivity index (χ0v) is 10.1. The predicted octanol–water partition coefficient (Wildman–Crippen LogP) is 4.10. The molecule has 0 unspecified atom stereocenters. The number of hydrogen-bond acceptors (Lipinski definition) is 3. The third-order valence-electron chi connectivity index (χ3n) is 2.91. The van der Waals surface area contributed by atoms with Crippen LogP contribution >= 0.6 is 0 Å². The van der Waals surface area contributed by atoms with Gasteiger partial charge >= 0.3 is 6.18 Å². The quantitative estimate of drug-likeness (QED) is 0.729. The van der Waals surface area contributed by atoms with Gasteiger partial charge in [-0.1, -0.05) is 0 Å². The summed E-state index contributed by atoms with van der Waals surface area (Å²) in [5.41, 5.74) is 5.83. The molecule has 2 N–H and O–H groups in total. The highest BCUT2D eigenvalue weighted by atomic mass is 19.4. The van der Waals surface area contributed by atoms with Gasteiger partial charge < -0.3 is 10.2 Å². The van der Waals surface area contributed by atoms with Crippen molar-refractivity contribution in [3.05, 3.63) is 48.2 Å². The fraction of sp³-hybridized carbons (Fsp3) is 0.0714. The molecule has 0 atom stereocenters. The second kappa shape index (κ2) is 4.26. The van der Waals surface area contributed by atoms with Gasteiger partial charge in [0.2, 0.25) is 0 Å². The van der Waals surface area contributed by atoms with Crippen LogP contribution in [0.4, 0.5) is 19.0 Å². The lowest BCUT2D eigenvalue weighted by Gasteiger charge is -2.04. The van der Waals surface area contributed by atoms with Crippen LogP contribution in [0.2, 0.25) is 0 Å². The monoisotopic (exact) mass is 278 g/mol. The number of halogens is 3. The summed E-state index contributed by atoms with van der Waals surface area (Å²) in [4.78, 5) is 3.92. The lowest BCUT2D eigenvalue weighted by molar-refractivity contribution is -0.137. The molecule has 2 aromatic heterocycles. The van der Waals surface area contributed by atoms with Crippen LogP contribution in [-0.4, -0.2) is 4.98 Å². The van der Waals surface area contributed by atoms with Crippen molar-refractivity contribution in [2.24, 2.45) is 0 Å². The molecule has 2 heterocycles. The second-order valence-electron chi connectivity index (χ2n) is 4.33. The highest BCUT2D eigenvalue weighted by Crippen LogP contribution is 2.34. The van der Waals surface area contributed by atoms with E-state index in [9.17, 15) is 13.2 Å². The van der Waals surface area contributed by atoms with E-state index in [1.807, 2.05) is 0 Å². The van der Waals surface area contributed by atoms with Gasteiger partial charge in [0, 0.05) is 17.1 Å². The highest BCUT2D eigenvalue weighted by Gasteiger charge is 2.30. The third kappa shape index (κ3) is 2.20. The van der Waals surface area contributed by atoms with E-state index in [1.54, 1.807) is 18.2 Å². The second-order valence-corrected chi connectivity index (χ2v) is 4.33. The summed E-state index contributed by atoms with van der Waals surface area (Å²) in [7, 11) is 0. The molecule has 0 amide bonds. The average molecular weight is 278 g/mol. The number of rotatable bonds is 1. The minimum Gasteiger partial charge on any atom is -0.456 e. The number of fused-ring (bicyclic) bond motifs is 1. The molecule has 0 aliphatic rings. The summed E-state index contributed by atoms with van der Waals surface area (Å²) in [6.07, 6.45) is -2.86. The van der Waals surface area contributed by atoms with E-state index < -0.39 is 11.7 Å². The Morgan fingerprint density at radius 3 is 2.50 bits per heavy atom. The van der Waals surface area contributed by atoms with Crippen LogP contribution in [0.25, 0.3) is 22.3 Å². The summed E-state index contributed by atoms with van der Waals surface area (Å²) in [5, 5.41) is 0.395.